The van der Waals surface area contributed by atoms with E-state index in [2.05, 4.69) is 4.98 Å². The van der Waals surface area contributed by atoms with Crippen molar-refractivity contribution in [2.24, 2.45) is 0 Å². The van der Waals surface area contributed by atoms with Gasteiger partial charge in [0.1, 0.15) is 16.9 Å². The van der Waals surface area contributed by atoms with Gasteiger partial charge in [0.05, 0.1) is 10.2 Å². The molecule has 1 aromatic heterocycles. The van der Waals surface area contributed by atoms with Gasteiger partial charge in [-0.3, -0.25) is 4.57 Å². The summed E-state index contributed by atoms with van der Waals surface area (Å²) >= 11 is 1.54. The second-order valence-electron chi connectivity index (χ2n) is 6.56. The van der Waals surface area contributed by atoms with Gasteiger partial charge in [-0.15, -0.1) is 11.3 Å². The Morgan fingerprint density at radius 2 is 2.03 bits per heavy atom. The molecule has 6 nitrogen and oxygen atoms in total. The van der Waals surface area contributed by atoms with Crippen molar-refractivity contribution in [2.75, 3.05) is 6.54 Å². The van der Waals surface area contributed by atoms with E-state index in [0.29, 0.717) is 12.1 Å². The Kier molecular flexibility index (Phi) is 7.36. The Balaban J connectivity index is 0.000000755. The van der Waals surface area contributed by atoms with Crippen LogP contribution in [-0.2, 0) is 15.8 Å². The third kappa shape index (κ3) is 5.41. The number of carbonyl (C=O) groups is 1. The molecule has 0 radical (unpaired) electrons. The van der Waals surface area contributed by atoms with Crippen molar-refractivity contribution in [3.8, 4) is 10.6 Å². The lowest BCUT2D eigenvalue weighted by Crippen LogP contribution is -2.41. The number of aromatic nitrogens is 1. The fourth-order valence-corrected chi connectivity index (χ4v) is 4.05. The number of halogens is 1. The van der Waals surface area contributed by atoms with Crippen molar-refractivity contribution in [3.05, 3.63) is 53.8 Å². The minimum atomic E-state index is -1.50. The number of hydrogen-bond acceptors (Lipinski definition) is 5. The van der Waals surface area contributed by atoms with Crippen molar-refractivity contribution in [1.29, 1.82) is 0 Å². The van der Waals surface area contributed by atoms with Gasteiger partial charge in [-0.1, -0.05) is 31.2 Å². The molecule has 2 atom stereocenters. The number of thiazole rings is 1. The van der Waals surface area contributed by atoms with E-state index in [1.165, 1.54) is 12.1 Å². The Morgan fingerprint density at radius 1 is 1.31 bits per heavy atom. The number of cyclic esters (lactones) is 1. The highest BCUT2D eigenvalue weighted by Gasteiger charge is 2.25. The van der Waals surface area contributed by atoms with Crippen LogP contribution in [0.25, 0.3) is 20.8 Å². The number of ether oxygens (including phenoxy) is 1. The topological polar surface area (TPSA) is 79.7 Å². The molecule has 1 amide bonds. The minimum absolute atomic E-state index is 0.0463. The normalized spacial score (nSPS) is 16.7. The molecular weight excluding hydrogens is 414 g/mol. The van der Waals surface area contributed by atoms with E-state index in [0.717, 1.165) is 40.2 Å². The first-order chi connectivity index (χ1) is 14.0. The molecule has 1 aliphatic heterocycles. The third-order valence-corrected chi connectivity index (χ3v) is 5.71. The van der Waals surface area contributed by atoms with Crippen LogP contribution in [0.5, 0.6) is 0 Å². The summed E-state index contributed by atoms with van der Waals surface area (Å²) < 4.78 is 28.3. The molecule has 2 aromatic carbocycles. The summed E-state index contributed by atoms with van der Waals surface area (Å²) in [5.74, 6) is -0.275. The zero-order valence-corrected chi connectivity index (χ0v) is 17.8. The van der Waals surface area contributed by atoms with Crippen molar-refractivity contribution < 1.29 is 23.4 Å². The molecule has 1 saturated heterocycles. The highest BCUT2D eigenvalue weighted by Crippen LogP contribution is 2.30. The number of carbonyl (C=O) groups excluding carboxylic acids is 1. The molecule has 1 fully saturated rings. The van der Waals surface area contributed by atoms with E-state index >= 15 is 0 Å². The van der Waals surface area contributed by atoms with Crippen LogP contribution in [0.4, 0.5) is 9.18 Å². The number of benzene rings is 2. The zero-order chi connectivity index (χ0) is 20.8. The van der Waals surface area contributed by atoms with Gasteiger partial charge < -0.3 is 14.5 Å². The lowest BCUT2D eigenvalue weighted by Gasteiger charge is -2.31. The molecule has 3 aromatic rings. The number of amides is 1. The van der Waals surface area contributed by atoms with Gasteiger partial charge in [0.2, 0.25) is 0 Å². The van der Waals surface area contributed by atoms with Crippen LogP contribution in [0.3, 0.4) is 0 Å². The Morgan fingerprint density at radius 3 is 2.69 bits per heavy atom. The van der Waals surface area contributed by atoms with Gasteiger partial charge >= 0.3 is 6.09 Å². The maximum absolute atomic E-state index is 13.3. The van der Waals surface area contributed by atoms with Crippen molar-refractivity contribution in [3.63, 3.8) is 0 Å². The van der Waals surface area contributed by atoms with E-state index in [9.17, 15) is 9.18 Å². The van der Waals surface area contributed by atoms with Crippen LogP contribution in [0, 0.1) is 5.82 Å². The predicted molar refractivity (Wildman–Crippen MR) is 113 cm³/mol. The first-order valence-electron chi connectivity index (χ1n) is 9.22. The molecule has 2 heterocycles. The largest absolute Gasteiger partial charge is 0.446 e. The summed E-state index contributed by atoms with van der Waals surface area (Å²) in [7, 11) is -1.50. The van der Waals surface area contributed by atoms with Crippen molar-refractivity contribution >= 4 is 36.3 Å². The summed E-state index contributed by atoms with van der Waals surface area (Å²) in [4.78, 5) is 25.4. The van der Waals surface area contributed by atoms with Gasteiger partial charge in [-0.2, -0.15) is 0 Å². The molecule has 1 aliphatic rings. The molecule has 1 N–H and O–H groups in total. The maximum Gasteiger partial charge on any atom is 0.410 e. The second kappa shape index (κ2) is 9.96. The quantitative estimate of drug-likeness (QED) is 0.590. The number of nitrogens with zero attached hydrogens (tertiary/aromatic N) is 2. The van der Waals surface area contributed by atoms with Crippen LogP contribution < -0.4 is 0 Å². The predicted octanol–water partition coefficient (Wildman–Crippen LogP) is 4.87. The molecule has 0 bridgehead atoms. The van der Waals surface area contributed by atoms with E-state index < -0.39 is 8.69 Å². The fraction of sp³-hybridized carbons (Fsp3) is 0.300. The average molecular weight is 436 g/mol. The summed E-state index contributed by atoms with van der Waals surface area (Å²) in [5.41, 5.74) is 2.71. The molecule has 0 aliphatic carbocycles. The van der Waals surface area contributed by atoms with Gasteiger partial charge in [0, 0.05) is 31.1 Å². The Labute approximate surface area is 173 Å². The van der Waals surface area contributed by atoms with E-state index in [4.69, 9.17) is 14.2 Å². The standard InChI is InChI=1S/C20H19FN2O2S.H3O2P/c1-2-16-9-10-23(20(24)25-16)12-13-3-5-14(6-4-13)19-22-17-11-15(21)7-8-18(17)26-19;1-3-2/h3-8,11,16H,2,9-10,12H2,1H3;3H2,(H,1,2). The SMILES string of the molecule is CCC1CCN(Cc2ccc(-c3nc4cc(F)ccc4s3)cc2)C(=O)O1.O=[PH2]O. The number of hydrogen-bond donors (Lipinski definition) is 1. The van der Waals surface area contributed by atoms with Crippen molar-refractivity contribution in [2.45, 2.75) is 32.4 Å². The zero-order valence-electron chi connectivity index (χ0n) is 15.9. The number of rotatable bonds is 4. The molecule has 154 valence electrons. The first kappa shape index (κ1) is 21.4. The molecular formula is C20H22FN2O4PS. The van der Waals surface area contributed by atoms with Crippen LogP contribution in [0.2, 0.25) is 0 Å². The van der Waals surface area contributed by atoms with E-state index in [1.54, 1.807) is 22.3 Å². The van der Waals surface area contributed by atoms with Crippen molar-refractivity contribution in [1.82, 2.24) is 9.88 Å². The summed E-state index contributed by atoms with van der Waals surface area (Å²) in [6.07, 6.45) is 1.55. The fourth-order valence-electron chi connectivity index (χ4n) is 3.10. The maximum atomic E-state index is 13.3. The van der Waals surface area contributed by atoms with Crippen LogP contribution >= 0.6 is 20.0 Å². The van der Waals surface area contributed by atoms with E-state index in [1.807, 2.05) is 31.2 Å². The summed E-state index contributed by atoms with van der Waals surface area (Å²) in [6, 6.07) is 12.7. The first-order valence-corrected chi connectivity index (χ1v) is 11.0. The average Bonchev–Trinajstić information content (AvgIpc) is 3.14. The molecule has 0 spiro atoms. The number of fused-ring (bicyclic) bond motifs is 1. The third-order valence-electron chi connectivity index (χ3n) is 4.63. The molecule has 4 rings (SSSR count). The second-order valence-corrected chi connectivity index (χ2v) is 7.80. The molecule has 2 unspecified atom stereocenters. The van der Waals surface area contributed by atoms with Gasteiger partial charge in [0.15, 0.2) is 8.69 Å². The minimum Gasteiger partial charge on any atom is -0.446 e. The monoisotopic (exact) mass is 436 g/mol. The van der Waals surface area contributed by atoms with Crippen LogP contribution in [-0.4, -0.2) is 33.5 Å². The van der Waals surface area contributed by atoms with Gasteiger partial charge in [0.25, 0.3) is 0 Å². The molecule has 9 heteroatoms. The smallest absolute Gasteiger partial charge is 0.410 e. The summed E-state index contributed by atoms with van der Waals surface area (Å²) in [5, 5.41) is 0.861. The van der Waals surface area contributed by atoms with Gasteiger partial charge in [-0.05, 0) is 24.1 Å². The lowest BCUT2D eigenvalue weighted by atomic mass is 10.1. The highest BCUT2D eigenvalue weighted by molar-refractivity contribution is 7.21. The van der Waals surface area contributed by atoms with Gasteiger partial charge in [-0.25, -0.2) is 14.2 Å². The van der Waals surface area contributed by atoms with E-state index in [-0.39, 0.29) is 18.0 Å². The molecule has 29 heavy (non-hydrogen) atoms. The van der Waals surface area contributed by atoms with Crippen LogP contribution in [0.1, 0.15) is 25.3 Å². The summed E-state index contributed by atoms with van der Waals surface area (Å²) in [6.45, 7) is 3.30. The van der Waals surface area contributed by atoms with Crippen LogP contribution in [0.15, 0.2) is 42.5 Å². The highest BCUT2D eigenvalue weighted by atomic mass is 32.1. The Hall–Kier alpha value is -2.28. The molecule has 0 saturated carbocycles. The lowest BCUT2D eigenvalue weighted by molar-refractivity contribution is 0.0211. The Bertz CT molecular complexity index is 996.